The van der Waals surface area contributed by atoms with Crippen LogP contribution < -0.4 is 5.32 Å². The van der Waals surface area contributed by atoms with Gasteiger partial charge in [-0.3, -0.25) is 4.79 Å². The second kappa shape index (κ2) is 5.32. The van der Waals surface area contributed by atoms with Crippen LogP contribution in [-0.2, 0) is 16.1 Å². The van der Waals surface area contributed by atoms with Gasteiger partial charge < -0.3 is 10.1 Å². The predicted molar refractivity (Wildman–Crippen MR) is 66.4 cm³/mol. The summed E-state index contributed by atoms with van der Waals surface area (Å²) in [4.78, 5) is 11.8. The SMILES string of the molecule is COCC1(CC(=O)NCc2ccccc2)CC1. The van der Waals surface area contributed by atoms with Crippen LogP contribution in [0.2, 0.25) is 0 Å². The zero-order valence-corrected chi connectivity index (χ0v) is 10.2. The zero-order valence-electron chi connectivity index (χ0n) is 10.2. The molecule has 0 unspecified atom stereocenters. The van der Waals surface area contributed by atoms with E-state index in [-0.39, 0.29) is 11.3 Å². The van der Waals surface area contributed by atoms with E-state index in [1.165, 1.54) is 0 Å². The lowest BCUT2D eigenvalue weighted by Gasteiger charge is -2.13. The Labute approximate surface area is 102 Å². The molecule has 1 aliphatic carbocycles. The standard InChI is InChI=1S/C14H19NO2/c1-17-11-14(7-8-14)9-13(16)15-10-12-5-3-2-4-6-12/h2-6H,7-11H2,1H3,(H,15,16). The Morgan fingerprint density at radius 3 is 2.65 bits per heavy atom. The van der Waals surface area contributed by atoms with Crippen molar-refractivity contribution in [1.29, 1.82) is 0 Å². The molecule has 3 heteroatoms. The molecular formula is C14H19NO2. The molecule has 0 atom stereocenters. The predicted octanol–water partition coefficient (Wildman–Crippen LogP) is 2.12. The van der Waals surface area contributed by atoms with Crippen LogP contribution in [0.5, 0.6) is 0 Å². The van der Waals surface area contributed by atoms with Crippen LogP contribution in [0.4, 0.5) is 0 Å². The fourth-order valence-electron chi connectivity index (χ4n) is 2.05. The van der Waals surface area contributed by atoms with Gasteiger partial charge in [-0.25, -0.2) is 0 Å². The van der Waals surface area contributed by atoms with E-state index < -0.39 is 0 Å². The van der Waals surface area contributed by atoms with Crippen molar-refractivity contribution >= 4 is 5.91 Å². The molecule has 0 bridgehead atoms. The van der Waals surface area contributed by atoms with Crippen LogP contribution in [-0.4, -0.2) is 19.6 Å². The smallest absolute Gasteiger partial charge is 0.220 e. The van der Waals surface area contributed by atoms with Crippen LogP contribution >= 0.6 is 0 Å². The van der Waals surface area contributed by atoms with Gasteiger partial charge in [0, 0.05) is 25.5 Å². The number of carbonyl (C=O) groups is 1. The first-order valence-electron chi connectivity index (χ1n) is 6.04. The molecule has 0 heterocycles. The Bertz CT molecular complexity index is 371. The van der Waals surface area contributed by atoms with Crippen LogP contribution in [0.3, 0.4) is 0 Å². The highest BCUT2D eigenvalue weighted by atomic mass is 16.5. The monoisotopic (exact) mass is 233 g/mol. The Morgan fingerprint density at radius 2 is 2.06 bits per heavy atom. The number of rotatable bonds is 6. The molecule has 92 valence electrons. The van der Waals surface area contributed by atoms with E-state index in [0.29, 0.717) is 19.6 Å². The van der Waals surface area contributed by atoms with E-state index >= 15 is 0 Å². The van der Waals surface area contributed by atoms with Crippen molar-refractivity contribution in [3.63, 3.8) is 0 Å². The highest BCUT2D eigenvalue weighted by Gasteiger charge is 2.44. The first-order chi connectivity index (χ1) is 8.24. The number of hydrogen-bond acceptors (Lipinski definition) is 2. The van der Waals surface area contributed by atoms with Crippen molar-refractivity contribution in [2.45, 2.75) is 25.8 Å². The summed E-state index contributed by atoms with van der Waals surface area (Å²) < 4.78 is 5.15. The average Bonchev–Trinajstić information content (AvgIpc) is 3.08. The summed E-state index contributed by atoms with van der Waals surface area (Å²) in [5, 5.41) is 2.96. The number of carbonyl (C=O) groups excluding carboxylic acids is 1. The number of amides is 1. The molecule has 17 heavy (non-hydrogen) atoms. The molecule has 1 amide bonds. The van der Waals surface area contributed by atoms with Gasteiger partial charge in [0.15, 0.2) is 0 Å². The molecule has 0 spiro atoms. The molecule has 1 aliphatic rings. The maximum atomic E-state index is 11.8. The quantitative estimate of drug-likeness (QED) is 0.817. The van der Waals surface area contributed by atoms with Crippen LogP contribution in [0, 0.1) is 5.41 Å². The number of ether oxygens (including phenoxy) is 1. The van der Waals surface area contributed by atoms with E-state index in [1.54, 1.807) is 7.11 Å². The van der Waals surface area contributed by atoms with Gasteiger partial charge in [-0.15, -0.1) is 0 Å². The third-order valence-electron chi connectivity index (χ3n) is 3.28. The van der Waals surface area contributed by atoms with Crippen LogP contribution in [0.15, 0.2) is 30.3 Å². The first kappa shape index (κ1) is 12.1. The van der Waals surface area contributed by atoms with Gasteiger partial charge in [-0.2, -0.15) is 0 Å². The van der Waals surface area contributed by atoms with Gasteiger partial charge in [0.1, 0.15) is 0 Å². The molecule has 1 N–H and O–H groups in total. The molecule has 2 rings (SSSR count). The number of benzene rings is 1. The van der Waals surface area contributed by atoms with Gasteiger partial charge in [0.05, 0.1) is 6.61 Å². The van der Waals surface area contributed by atoms with Crippen molar-refractivity contribution in [1.82, 2.24) is 5.32 Å². The van der Waals surface area contributed by atoms with E-state index in [1.807, 2.05) is 30.3 Å². The highest BCUT2D eigenvalue weighted by molar-refractivity contribution is 5.77. The van der Waals surface area contributed by atoms with Crippen molar-refractivity contribution in [2.75, 3.05) is 13.7 Å². The summed E-state index contributed by atoms with van der Waals surface area (Å²) in [7, 11) is 1.70. The average molecular weight is 233 g/mol. The molecule has 1 fully saturated rings. The molecule has 3 nitrogen and oxygen atoms in total. The number of methoxy groups -OCH3 is 1. The summed E-state index contributed by atoms with van der Waals surface area (Å²) in [5.74, 6) is 0.128. The third kappa shape index (κ3) is 3.56. The minimum absolute atomic E-state index is 0.128. The highest BCUT2D eigenvalue weighted by Crippen LogP contribution is 2.48. The first-order valence-corrected chi connectivity index (χ1v) is 6.04. The summed E-state index contributed by atoms with van der Waals surface area (Å²) in [5.41, 5.74) is 1.27. The molecule has 0 radical (unpaired) electrons. The largest absolute Gasteiger partial charge is 0.384 e. The molecule has 0 aliphatic heterocycles. The Hall–Kier alpha value is -1.35. The summed E-state index contributed by atoms with van der Waals surface area (Å²) >= 11 is 0. The lowest BCUT2D eigenvalue weighted by Crippen LogP contribution is -2.27. The van der Waals surface area contributed by atoms with Gasteiger partial charge >= 0.3 is 0 Å². The molecule has 1 aromatic rings. The van der Waals surface area contributed by atoms with E-state index in [0.717, 1.165) is 18.4 Å². The summed E-state index contributed by atoms with van der Waals surface area (Å²) in [6.45, 7) is 1.31. The topological polar surface area (TPSA) is 38.3 Å². The molecule has 0 saturated heterocycles. The summed E-state index contributed by atoms with van der Waals surface area (Å²) in [6.07, 6.45) is 2.81. The Balaban J connectivity index is 1.75. The van der Waals surface area contributed by atoms with Crippen molar-refractivity contribution < 1.29 is 9.53 Å². The lowest BCUT2D eigenvalue weighted by molar-refractivity contribution is -0.123. The van der Waals surface area contributed by atoms with E-state index in [2.05, 4.69) is 5.32 Å². The second-order valence-electron chi connectivity index (χ2n) is 4.87. The van der Waals surface area contributed by atoms with E-state index in [9.17, 15) is 4.79 Å². The van der Waals surface area contributed by atoms with Crippen molar-refractivity contribution in [3.05, 3.63) is 35.9 Å². The van der Waals surface area contributed by atoms with Crippen LogP contribution in [0.1, 0.15) is 24.8 Å². The molecular weight excluding hydrogens is 214 g/mol. The normalized spacial score (nSPS) is 16.5. The number of hydrogen-bond donors (Lipinski definition) is 1. The molecule has 1 saturated carbocycles. The minimum Gasteiger partial charge on any atom is -0.384 e. The van der Waals surface area contributed by atoms with E-state index in [4.69, 9.17) is 4.74 Å². The lowest BCUT2D eigenvalue weighted by atomic mass is 10.0. The van der Waals surface area contributed by atoms with Crippen LogP contribution in [0.25, 0.3) is 0 Å². The maximum Gasteiger partial charge on any atom is 0.220 e. The molecule has 0 aromatic heterocycles. The van der Waals surface area contributed by atoms with Gasteiger partial charge in [-0.05, 0) is 18.4 Å². The summed E-state index contributed by atoms with van der Waals surface area (Å²) in [6, 6.07) is 9.97. The minimum atomic E-state index is 0.128. The Kier molecular flexibility index (Phi) is 3.79. The third-order valence-corrected chi connectivity index (χ3v) is 3.28. The van der Waals surface area contributed by atoms with Gasteiger partial charge in [0.25, 0.3) is 0 Å². The Morgan fingerprint density at radius 1 is 1.35 bits per heavy atom. The maximum absolute atomic E-state index is 11.8. The van der Waals surface area contributed by atoms with Gasteiger partial charge in [-0.1, -0.05) is 30.3 Å². The molecule has 1 aromatic carbocycles. The van der Waals surface area contributed by atoms with Crippen molar-refractivity contribution in [3.8, 4) is 0 Å². The fraction of sp³-hybridized carbons (Fsp3) is 0.500. The fourth-order valence-corrected chi connectivity index (χ4v) is 2.05. The van der Waals surface area contributed by atoms with Crippen molar-refractivity contribution in [2.24, 2.45) is 5.41 Å². The van der Waals surface area contributed by atoms with Gasteiger partial charge in [0.2, 0.25) is 5.91 Å². The number of nitrogens with one attached hydrogen (secondary N) is 1. The second-order valence-corrected chi connectivity index (χ2v) is 4.87. The zero-order chi connectivity index (χ0) is 12.1.